The lowest BCUT2D eigenvalue weighted by atomic mass is 9.97. The monoisotopic (exact) mass is 506 g/mol. The van der Waals surface area contributed by atoms with E-state index in [-0.39, 0.29) is 0 Å². The summed E-state index contributed by atoms with van der Waals surface area (Å²) < 4.78 is 10.7. The molecule has 0 fully saturated rings. The number of esters is 2. The molecule has 0 bridgehead atoms. The van der Waals surface area contributed by atoms with Crippen LogP contribution in [0.3, 0.4) is 0 Å². The van der Waals surface area contributed by atoms with Crippen molar-refractivity contribution in [3.8, 4) is 0 Å². The van der Waals surface area contributed by atoms with E-state index in [1.54, 1.807) is 24.3 Å². The molecular formula is C28H50N4O4. The Morgan fingerprint density at radius 3 is 1.28 bits per heavy atom. The quantitative estimate of drug-likeness (QED) is 0.115. The van der Waals surface area contributed by atoms with Gasteiger partial charge in [0.05, 0.1) is 11.1 Å². The Morgan fingerprint density at radius 1 is 0.611 bits per heavy atom. The SMILES string of the molecule is CC(CCCCN)CCCC(N)OC(=O)c1ccc(C(=O)OC(N)CCCC(C)CCCCN)cc1. The summed E-state index contributed by atoms with van der Waals surface area (Å²) in [6.45, 7) is 5.92. The van der Waals surface area contributed by atoms with Crippen molar-refractivity contribution < 1.29 is 19.1 Å². The summed E-state index contributed by atoms with van der Waals surface area (Å²) in [7, 11) is 0. The van der Waals surface area contributed by atoms with E-state index in [4.69, 9.17) is 32.4 Å². The van der Waals surface area contributed by atoms with Gasteiger partial charge in [0, 0.05) is 0 Å². The van der Waals surface area contributed by atoms with E-state index in [0.29, 0.717) is 35.8 Å². The highest BCUT2D eigenvalue weighted by molar-refractivity contribution is 5.93. The molecule has 0 heterocycles. The lowest BCUT2D eigenvalue weighted by molar-refractivity contribution is 0.0274. The van der Waals surface area contributed by atoms with Gasteiger partial charge in [-0.25, -0.2) is 9.59 Å². The first-order chi connectivity index (χ1) is 17.3. The molecule has 0 saturated heterocycles. The second-order valence-corrected chi connectivity index (χ2v) is 10.1. The lowest BCUT2D eigenvalue weighted by Gasteiger charge is -2.16. The van der Waals surface area contributed by atoms with Crippen LogP contribution in [-0.2, 0) is 9.47 Å². The first-order valence-corrected chi connectivity index (χ1v) is 13.7. The first-order valence-electron chi connectivity index (χ1n) is 13.7. The predicted octanol–water partition coefficient (Wildman–Crippen LogP) is 4.44. The topological polar surface area (TPSA) is 157 Å². The summed E-state index contributed by atoms with van der Waals surface area (Å²) in [5.41, 5.74) is 23.7. The summed E-state index contributed by atoms with van der Waals surface area (Å²) >= 11 is 0. The van der Waals surface area contributed by atoms with Crippen LogP contribution in [0.5, 0.6) is 0 Å². The maximum Gasteiger partial charge on any atom is 0.339 e. The van der Waals surface area contributed by atoms with Gasteiger partial charge in [-0.3, -0.25) is 11.5 Å². The second kappa shape index (κ2) is 19.2. The van der Waals surface area contributed by atoms with Crippen molar-refractivity contribution in [1.29, 1.82) is 0 Å². The van der Waals surface area contributed by atoms with Crippen LogP contribution in [-0.4, -0.2) is 37.5 Å². The molecule has 0 saturated carbocycles. The molecule has 0 spiro atoms. The molecular weight excluding hydrogens is 456 g/mol. The molecule has 1 aromatic carbocycles. The predicted molar refractivity (Wildman–Crippen MR) is 145 cm³/mol. The van der Waals surface area contributed by atoms with Crippen LogP contribution in [0, 0.1) is 11.8 Å². The van der Waals surface area contributed by atoms with Gasteiger partial charge in [0.1, 0.15) is 0 Å². The van der Waals surface area contributed by atoms with Crippen molar-refractivity contribution in [2.24, 2.45) is 34.8 Å². The summed E-state index contributed by atoms with van der Waals surface area (Å²) in [6.07, 6.45) is 10.5. The summed E-state index contributed by atoms with van der Waals surface area (Å²) in [5, 5.41) is 0. The van der Waals surface area contributed by atoms with Gasteiger partial charge < -0.3 is 20.9 Å². The molecule has 8 nitrogen and oxygen atoms in total. The van der Waals surface area contributed by atoms with Crippen LogP contribution in [0.15, 0.2) is 24.3 Å². The van der Waals surface area contributed by atoms with Crippen molar-refractivity contribution in [2.45, 2.75) is 103 Å². The Hall–Kier alpha value is -2.00. The number of unbranched alkanes of at least 4 members (excludes halogenated alkanes) is 2. The fourth-order valence-electron chi connectivity index (χ4n) is 4.17. The highest BCUT2D eigenvalue weighted by atomic mass is 16.6. The van der Waals surface area contributed by atoms with E-state index in [0.717, 1.165) is 77.3 Å². The van der Waals surface area contributed by atoms with Crippen molar-refractivity contribution in [1.82, 2.24) is 0 Å². The molecule has 4 unspecified atom stereocenters. The normalized spacial score (nSPS) is 14.6. The van der Waals surface area contributed by atoms with Crippen molar-refractivity contribution in [3.63, 3.8) is 0 Å². The van der Waals surface area contributed by atoms with Crippen LogP contribution in [0.4, 0.5) is 0 Å². The zero-order valence-electron chi connectivity index (χ0n) is 22.5. The van der Waals surface area contributed by atoms with E-state index in [1.807, 2.05) is 0 Å². The highest BCUT2D eigenvalue weighted by Gasteiger charge is 2.16. The molecule has 1 rings (SSSR count). The average Bonchev–Trinajstić information content (AvgIpc) is 2.84. The number of benzene rings is 1. The Bertz CT molecular complexity index is 668. The van der Waals surface area contributed by atoms with Crippen molar-refractivity contribution in [2.75, 3.05) is 13.1 Å². The number of carbonyl (C=O) groups is 2. The number of rotatable bonds is 20. The molecule has 0 radical (unpaired) electrons. The number of hydrogen-bond acceptors (Lipinski definition) is 8. The minimum absolute atomic E-state index is 0.338. The molecule has 0 amide bonds. The number of carbonyl (C=O) groups excluding carboxylic acids is 2. The van der Waals surface area contributed by atoms with E-state index < -0.39 is 24.4 Å². The lowest BCUT2D eigenvalue weighted by Crippen LogP contribution is -2.28. The second-order valence-electron chi connectivity index (χ2n) is 10.1. The molecule has 0 aliphatic heterocycles. The average molecular weight is 507 g/mol. The third-order valence-electron chi connectivity index (χ3n) is 6.55. The zero-order valence-corrected chi connectivity index (χ0v) is 22.5. The van der Waals surface area contributed by atoms with Crippen molar-refractivity contribution >= 4 is 11.9 Å². The van der Waals surface area contributed by atoms with Gasteiger partial charge in [-0.1, -0.05) is 52.4 Å². The molecule has 36 heavy (non-hydrogen) atoms. The maximum atomic E-state index is 12.4. The summed E-state index contributed by atoms with van der Waals surface area (Å²) in [4.78, 5) is 24.8. The van der Waals surface area contributed by atoms with E-state index in [2.05, 4.69) is 13.8 Å². The summed E-state index contributed by atoms with van der Waals surface area (Å²) in [6, 6.07) is 6.17. The minimum atomic E-state index is -0.653. The van der Waals surface area contributed by atoms with Gasteiger partial charge in [-0.2, -0.15) is 0 Å². The smallest absolute Gasteiger partial charge is 0.339 e. The number of hydrogen-bond donors (Lipinski definition) is 4. The molecule has 0 aliphatic rings. The van der Waals surface area contributed by atoms with Crippen LogP contribution >= 0.6 is 0 Å². The molecule has 0 aromatic heterocycles. The van der Waals surface area contributed by atoms with Crippen molar-refractivity contribution in [3.05, 3.63) is 35.4 Å². The Kier molecular flexibility index (Phi) is 17.0. The Morgan fingerprint density at radius 2 is 0.944 bits per heavy atom. The van der Waals surface area contributed by atoms with Gasteiger partial charge >= 0.3 is 11.9 Å². The maximum absolute atomic E-state index is 12.4. The Labute approximate surface area is 217 Å². The molecule has 8 heteroatoms. The van der Waals surface area contributed by atoms with Crippen LogP contribution < -0.4 is 22.9 Å². The van der Waals surface area contributed by atoms with Gasteiger partial charge in [0.15, 0.2) is 12.5 Å². The van der Waals surface area contributed by atoms with Crippen LogP contribution in [0.25, 0.3) is 0 Å². The Balaban J connectivity index is 2.33. The first kappa shape index (κ1) is 32.0. The van der Waals surface area contributed by atoms with E-state index in [9.17, 15) is 9.59 Å². The van der Waals surface area contributed by atoms with E-state index >= 15 is 0 Å². The molecule has 0 aliphatic carbocycles. The van der Waals surface area contributed by atoms with Crippen LogP contribution in [0.2, 0.25) is 0 Å². The van der Waals surface area contributed by atoms with Gasteiger partial charge in [0.25, 0.3) is 0 Å². The number of ether oxygens (including phenoxy) is 2. The fraction of sp³-hybridized carbons (Fsp3) is 0.714. The molecule has 1 aromatic rings. The van der Waals surface area contributed by atoms with Gasteiger partial charge in [-0.05, 0) is 87.7 Å². The third kappa shape index (κ3) is 14.5. The summed E-state index contributed by atoms with van der Waals surface area (Å²) in [5.74, 6) is 0.205. The molecule has 8 N–H and O–H groups in total. The largest absolute Gasteiger partial charge is 0.443 e. The minimum Gasteiger partial charge on any atom is -0.443 e. The van der Waals surface area contributed by atoms with Crippen LogP contribution in [0.1, 0.15) is 112 Å². The molecule has 4 atom stereocenters. The van der Waals surface area contributed by atoms with E-state index in [1.165, 1.54) is 0 Å². The number of nitrogens with two attached hydrogens (primary N) is 4. The zero-order chi connectivity index (χ0) is 26.8. The van der Waals surface area contributed by atoms with Gasteiger partial charge in [-0.15, -0.1) is 0 Å². The standard InChI is InChI=1S/C28H50N4O4/c1-21(9-3-5-19-29)11-7-13-25(31)35-27(33)23-15-17-24(18-16-23)28(34)36-26(32)14-8-12-22(2)10-4-6-20-30/h15-18,21-22,25-26H,3-14,19-20,29-32H2,1-2H3. The molecule has 206 valence electrons. The third-order valence-corrected chi connectivity index (χ3v) is 6.55. The van der Waals surface area contributed by atoms with Gasteiger partial charge in [0.2, 0.25) is 0 Å². The highest BCUT2D eigenvalue weighted by Crippen LogP contribution is 2.18. The fourth-order valence-corrected chi connectivity index (χ4v) is 4.17.